The fraction of sp³-hybridized carbons (Fsp3) is 1.00. The second-order valence-electron chi connectivity index (χ2n) is 5.97. The Bertz CT molecular complexity index is 193. The predicted molar refractivity (Wildman–Crippen MR) is 61.4 cm³/mol. The van der Waals surface area contributed by atoms with Gasteiger partial charge >= 0.3 is 0 Å². The molecule has 0 spiro atoms. The van der Waals surface area contributed by atoms with Crippen molar-refractivity contribution in [3.05, 3.63) is 0 Å². The van der Waals surface area contributed by atoms with E-state index in [1.54, 1.807) is 0 Å². The minimum atomic E-state index is 0.600. The van der Waals surface area contributed by atoms with Crippen molar-refractivity contribution in [2.24, 2.45) is 11.3 Å². The molecule has 0 radical (unpaired) electrons. The zero-order valence-electron chi connectivity index (χ0n) is 10.1. The number of nitrogens with zero attached hydrogens (tertiary/aromatic N) is 1. The minimum Gasteiger partial charge on any atom is -0.300 e. The van der Waals surface area contributed by atoms with Gasteiger partial charge in [0.15, 0.2) is 0 Å². The first-order chi connectivity index (χ1) is 6.62. The molecule has 0 aromatic carbocycles. The highest BCUT2D eigenvalue weighted by molar-refractivity contribution is 4.92. The van der Waals surface area contributed by atoms with Crippen LogP contribution in [0.25, 0.3) is 0 Å². The summed E-state index contributed by atoms with van der Waals surface area (Å²) in [5.74, 6) is 0.842. The maximum Gasteiger partial charge on any atom is 0.00954 e. The van der Waals surface area contributed by atoms with Crippen molar-refractivity contribution in [3.8, 4) is 0 Å². The standard InChI is InChI=1S/C13H25N/c1-11(2)13(3)8-9-14(10-13)12-6-4-5-7-12/h11-12H,4-10H2,1-3H3/t13-/m0/s1. The fourth-order valence-electron chi connectivity index (χ4n) is 3.07. The predicted octanol–water partition coefficient (Wildman–Crippen LogP) is 3.30. The van der Waals surface area contributed by atoms with Crippen molar-refractivity contribution >= 4 is 0 Å². The van der Waals surface area contributed by atoms with E-state index in [1.165, 1.54) is 45.2 Å². The summed E-state index contributed by atoms with van der Waals surface area (Å²) in [6.07, 6.45) is 7.29. The van der Waals surface area contributed by atoms with Crippen LogP contribution in [0.15, 0.2) is 0 Å². The summed E-state index contributed by atoms with van der Waals surface area (Å²) in [5, 5.41) is 0. The Hall–Kier alpha value is -0.0400. The zero-order valence-corrected chi connectivity index (χ0v) is 10.1. The Labute approximate surface area is 88.9 Å². The lowest BCUT2D eigenvalue weighted by atomic mass is 9.78. The van der Waals surface area contributed by atoms with Gasteiger partial charge in [-0.3, -0.25) is 4.90 Å². The Morgan fingerprint density at radius 1 is 1.21 bits per heavy atom. The van der Waals surface area contributed by atoms with E-state index in [-0.39, 0.29) is 0 Å². The fourth-order valence-corrected chi connectivity index (χ4v) is 3.07. The number of hydrogen-bond acceptors (Lipinski definition) is 1. The van der Waals surface area contributed by atoms with Gasteiger partial charge in [-0.2, -0.15) is 0 Å². The van der Waals surface area contributed by atoms with E-state index in [9.17, 15) is 0 Å². The molecule has 1 heterocycles. The van der Waals surface area contributed by atoms with Crippen LogP contribution in [0.5, 0.6) is 0 Å². The van der Waals surface area contributed by atoms with Crippen LogP contribution < -0.4 is 0 Å². The van der Waals surface area contributed by atoms with Gasteiger partial charge in [0.05, 0.1) is 0 Å². The maximum atomic E-state index is 2.77. The smallest absolute Gasteiger partial charge is 0.00954 e. The summed E-state index contributed by atoms with van der Waals surface area (Å²) >= 11 is 0. The van der Waals surface area contributed by atoms with Gasteiger partial charge in [-0.05, 0) is 37.1 Å². The Morgan fingerprint density at radius 2 is 1.86 bits per heavy atom. The summed E-state index contributed by atoms with van der Waals surface area (Å²) in [4.78, 5) is 2.77. The molecule has 1 saturated carbocycles. The van der Waals surface area contributed by atoms with Crippen LogP contribution in [0.1, 0.15) is 52.9 Å². The Balaban J connectivity index is 1.93. The van der Waals surface area contributed by atoms with Crippen molar-refractivity contribution in [1.82, 2.24) is 4.90 Å². The summed E-state index contributed by atoms with van der Waals surface area (Å²) < 4.78 is 0. The molecule has 2 rings (SSSR count). The first-order valence-corrected chi connectivity index (χ1v) is 6.36. The number of rotatable bonds is 2. The summed E-state index contributed by atoms with van der Waals surface area (Å²) in [7, 11) is 0. The first kappa shape index (κ1) is 10.5. The molecular weight excluding hydrogens is 170 g/mol. The molecule has 0 bridgehead atoms. The third-order valence-corrected chi connectivity index (χ3v) is 4.77. The molecule has 0 amide bonds. The van der Waals surface area contributed by atoms with Crippen LogP contribution >= 0.6 is 0 Å². The maximum absolute atomic E-state index is 2.77. The summed E-state index contributed by atoms with van der Waals surface area (Å²) in [6, 6.07) is 0.940. The quantitative estimate of drug-likeness (QED) is 0.653. The monoisotopic (exact) mass is 195 g/mol. The average Bonchev–Trinajstić information content (AvgIpc) is 2.72. The van der Waals surface area contributed by atoms with Gasteiger partial charge < -0.3 is 0 Å². The molecule has 82 valence electrons. The summed E-state index contributed by atoms with van der Waals surface area (Å²) in [6.45, 7) is 9.97. The Morgan fingerprint density at radius 3 is 2.36 bits per heavy atom. The van der Waals surface area contributed by atoms with Crippen LogP contribution in [0.4, 0.5) is 0 Å². The van der Waals surface area contributed by atoms with Crippen LogP contribution in [-0.4, -0.2) is 24.0 Å². The third kappa shape index (κ3) is 1.84. The van der Waals surface area contributed by atoms with E-state index in [1.807, 2.05) is 0 Å². The van der Waals surface area contributed by atoms with Gasteiger partial charge in [-0.1, -0.05) is 33.6 Å². The normalized spacial score (nSPS) is 36.0. The van der Waals surface area contributed by atoms with E-state index in [4.69, 9.17) is 0 Å². The Kier molecular flexibility index (Phi) is 2.88. The topological polar surface area (TPSA) is 3.24 Å². The molecule has 0 aromatic heterocycles. The molecule has 0 unspecified atom stereocenters. The minimum absolute atomic E-state index is 0.600. The van der Waals surface area contributed by atoms with Crippen molar-refractivity contribution in [3.63, 3.8) is 0 Å². The highest BCUT2D eigenvalue weighted by Gasteiger charge is 2.39. The van der Waals surface area contributed by atoms with Crippen molar-refractivity contribution in [2.75, 3.05) is 13.1 Å². The van der Waals surface area contributed by atoms with E-state index in [0.29, 0.717) is 5.41 Å². The second-order valence-corrected chi connectivity index (χ2v) is 5.97. The molecule has 2 aliphatic rings. The van der Waals surface area contributed by atoms with Crippen molar-refractivity contribution in [2.45, 2.75) is 58.9 Å². The molecule has 1 atom stereocenters. The van der Waals surface area contributed by atoms with Crippen LogP contribution in [0, 0.1) is 11.3 Å². The zero-order chi connectivity index (χ0) is 10.2. The van der Waals surface area contributed by atoms with E-state index >= 15 is 0 Å². The van der Waals surface area contributed by atoms with Gasteiger partial charge in [0.1, 0.15) is 0 Å². The van der Waals surface area contributed by atoms with E-state index < -0.39 is 0 Å². The third-order valence-electron chi connectivity index (χ3n) is 4.77. The van der Waals surface area contributed by atoms with Gasteiger partial charge in [0.25, 0.3) is 0 Å². The molecule has 1 saturated heterocycles. The molecule has 2 fully saturated rings. The van der Waals surface area contributed by atoms with E-state index in [2.05, 4.69) is 25.7 Å². The van der Waals surface area contributed by atoms with Crippen molar-refractivity contribution in [1.29, 1.82) is 0 Å². The van der Waals surface area contributed by atoms with Crippen LogP contribution in [0.2, 0.25) is 0 Å². The van der Waals surface area contributed by atoms with E-state index in [0.717, 1.165) is 12.0 Å². The molecule has 0 aromatic rings. The highest BCUT2D eigenvalue weighted by atomic mass is 15.2. The molecule has 1 heteroatoms. The lowest BCUT2D eigenvalue weighted by Gasteiger charge is -2.31. The second kappa shape index (κ2) is 3.84. The molecule has 0 N–H and O–H groups in total. The molecule has 1 aliphatic carbocycles. The van der Waals surface area contributed by atoms with Crippen LogP contribution in [0.3, 0.4) is 0 Å². The SMILES string of the molecule is CC(C)[C@@]1(C)CCN(C2CCCC2)C1. The highest BCUT2D eigenvalue weighted by Crippen LogP contribution is 2.39. The number of likely N-dealkylation sites (tertiary alicyclic amines) is 1. The first-order valence-electron chi connectivity index (χ1n) is 6.36. The average molecular weight is 195 g/mol. The molecule has 1 nitrogen and oxygen atoms in total. The number of hydrogen-bond donors (Lipinski definition) is 0. The van der Waals surface area contributed by atoms with Crippen LogP contribution in [-0.2, 0) is 0 Å². The van der Waals surface area contributed by atoms with Gasteiger partial charge in [-0.15, -0.1) is 0 Å². The largest absolute Gasteiger partial charge is 0.300 e. The van der Waals surface area contributed by atoms with Gasteiger partial charge in [0.2, 0.25) is 0 Å². The lowest BCUT2D eigenvalue weighted by molar-refractivity contribution is 0.178. The molecular formula is C13H25N. The van der Waals surface area contributed by atoms with Crippen molar-refractivity contribution < 1.29 is 0 Å². The van der Waals surface area contributed by atoms with Gasteiger partial charge in [-0.25, -0.2) is 0 Å². The lowest BCUT2D eigenvalue weighted by Crippen LogP contribution is -2.34. The van der Waals surface area contributed by atoms with Gasteiger partial charge in [0, 0.05) is 12.6 Å². The molecule has 14 heavy (non-hydrogen) atoms. The summed E-state index contributed by atoms with van der Waals surface area (Å²) in [5.41, 5.74) is 0.600. The molecule has 1 aliphatic heterocycles.